The number of carbonyl (C=O) groups excluding carboxylic acids is 1. The molecule has 3 aromatic carbocycles. The number of aryl methyl sites for hydroxylation is 1. The van der Waals surface area contributed by atoms with E-state index in [1.807, 2.05) is 67.6 Å². The number of amides is 1. The number of carbonyl (C=O) groups is 1. The lowest BCUT2D eigenvalue weighted by Gasteiger charge is -2.13. The van der Waals surface area contributed by atoms with Gasteiger partial charge in [-0.25, -0.2) is 4.79 Å². The van der Waals surface area contributed by atoms with Gasteiger partial charge in [-0.1, -0.05) is 70.5 Å². The summed E-state index contributed by atoms with van der Waals surface area (Å²) in [6.07, 6.45) is -0.454. The van der Waals surface area contributed by atoms with Gasteiger partial charge in [0.25, 0.3) is 0 Å². The standard InChI is InChI=1S/C19H16BrNO2/c1-13-11-17(20)15-9-5-6-10-16(15)18(13)21-19(22)23-12-14-7-3-2-4-8-14/h2-11H,12H2,1H3,(H,21,22). The van der Waals surface area contributed by atoms with E-state index in [1.165, 1.54) is 0 Å². The summed E-state index contributed by atoms with van der Waals surface area (Å²) in [5.74, 6) is 0. The second-order valence-corrected chi connectivity index (χ2v) is 6.14. The molecule has 1 amide bonds. The predicted octanol–water partition coefficient (Wildman–Crippen LogP) is 5.66. The van der Waals surface area contributed by atoms with Crippen molar-refractivity contribution in [1.82, 2.24) is 0 Å². The first-order valence-corrected chi connectivity index (χ1v) is 8.10. The highest BCUT2D eigenvalue weighted by Gasteiger charge is 2.12. The number of hydrogen-bond acceptors (Lipinski definition) is 2. The number of rotatable bonds is 3. The minimum atomic E-state index is -0.454. The van der Waals surface area contributed by atoms with Gasteiger partial charge in [0.1, 0.15) is 6.61 Å². The number of nitrogens with one attached hydrogen (secondary N) is 1. The van der Waals surface area contributed by atoms with Crippen LogP contribution in [0.3, 0.4) is 0 Å². The smallest absolute Gasteiger partial charge is 0.411 e. The van der Waals surface area contributed by atoms with Crippen LogP contribution in [0.2, 0.25) is 0 Å². The zero-order valence-corrected chi connectivity index (χ0v) is 14.3. The van der Waals surface area contributed by atoms with Crippen LogP contribution in [-0.4, -0.2) is 6.09 Å². The third-order valence-corrected chi connectivity index (χ3v) is 4.29. The van der Waals surface area contributed by atoms with Crippen molar-refractivity contribution in [3.63, 3.8) is 0 Å². The first-order valence-electron chi connectivity index (χ1n) is 7.30. The molecule has 0 aliphatic carbocycles. The van der Waals surface area contributed by atoms with E-state index in [0.29, 0.717) is 0 Å². The normalized spacial score (nSPS) is 10.5. The van der Waals surface area contributed by atoms with Gasteiger partial charge in [0.05, 0.1) is 5.69 Å². The molecule has 0 atom stereocenters. The van der Waals surface area contributed by atoms with Gasteiger partial charge in [-0.05, 0) is 29.5 Å². The van der Waals surface area contributed by atoms with Crippen molar-refractivity contribution in [3.8, 4) is 0 Å². The van der Waals surface area contributed by atoms with Crippen molar-refractivity contribution in [2.24, 2.45) is 0 Å². The number of hydrogen-bond donors (Lipinski definition) is 1. The molecule has 0 fully saturated rings. The predicted molar refractivity (Wildman–Crippen MR) is 96.6 cm³/mol. The molecule has 4 heteroatoms. The molecular formula is C19H16BrNO2. The molecule has 3 rings (SSSR count). The Labute approximate surface area is 143 Å². The molecule has 116 valence electrons. The average molecular weight is 370 g/mol. The third-order valence-electron chi connectivity index (χ3n) is 3.63. The van der Waals surface area contributed by atoms with Crippen molar-refractivity contribution >= 4 is 38.5 Å². The Hall–Kier alpha value is -2.33. The number of ether oxygens (including phenoxy) is 1. The van der Waals surface area contributed by atoms with Crippen molar-refractivity contribution in [2.45, 2.75) is 13.5 Å². The molecule has 0 heterocycles. The van der Waals surface area contributed by atoms with Gasteiger partial charge in [-0.2, -0.15) is 0 Å². The summed E-state index contributed by atoms with van der Waals surface area (Å²) < 4.78 is 6.31. The fourth-order valence-corrected chi connectivity index (χ4v) is 3.18. The lowest BCUT2D eigenvalue weighted by Crippen LogP contribution is -2.14. The van der Waals surface area contributed by atoms with E-state index in [4.69, 9.17) is 4.74 Å². The topological polar surface area (TPSA) is 38.3 Å². The average Bonchev–Trinajstić information content (AvgIpc) is 2.58. The molecule has 1 N–H and O–H groups in total. The van der Waals surface area contributed by atoms with Crippen molar-refractivity contribution in [2.75, 3.05) is 5.32 Å². The SMILES string of the molecule is Cc1cc(Br)c2ccccc2c1NC(=O)OCc1ccccc1. The number of halogens is 1. The van der Waals surface area contributed by atoms with Crippen molar-refractivity contribution in [3.05, 3.63) is 76.3 Å². The molecule has 0 saturated heterocycles. The van der Waals surface area contributed by atoms with Crippen LogP contribution in [0.1, 0.15) is 11.1 Å². The van der Waals surface area contributed by atoms with Gasteiger partial charge in [0, 0.05) is 9.86 Å². The second-order valence-electron chi connectivity index (χ2n) is 5.28. The summed E-state index contributed by atoms with van der Waals surface area (Å²) in [5.41, 5.74) is 2.72. The molecule has 0 saturated carbocycles. The third kappa shape index (κ3) is 3.54. The fraction of sp³-hybridized carbons (Fsp3) is 0.105. The number of anilines is 1. The van der Waals surface area contributed by atoms with E-state index in [0.717, 1.165) is 32.1 Å². The maximum absolute atomic E-state index is 12.1. The molecule has 0 spiro atoms. The van der Waals surface area contributed by atoms with Crippen molar-refractivity contribution in [1.29, 1.82) is 0 Å². The highest BCUT2D eigenvalue weighted by molar-refractivity contribution is 9.10. The molecule has 0 aromatic heterocycles. The van der Waals surface area contributed by atoms with E-state index in [2.05, 4.69) is 21.2 Å². The molecule has 0 bridgehead atoms. The minimum Gasteiger partial charge on any atom is -0.444 e. The van der Waals surface area contributed by atoms with Crippen LogP contribution in [0.25, 0.3) is 10.8 Å². The maximum Gasteiger partial charge on any atom is 0.411 e. The van der Waals surface area contributed by atoms with Crippen LogP contribution >= 0.6 is 15.9 Å². The zero-order chi connectivity index (χ0) is 16.2. The molecule has 23 heavy (non-hydrogen) atoms. The highest BCUT2D eigenvalue weighted by atomic mass is 79.9. The quantitative estimate of drug-likeness (QED) is 0.646. The van der Waals surface area contributed by atoms with Gasteiger partial charge in [-0.3, -0.25) is 5.32 Å². The molecule has 0 aliphatic rings. The van der Waals surface area contributed by atoms with E-state index in [1.54, 1.807) is 0 Å². The molecule has 0 aliphatic heterocycles. The second kappa shape index (κ2) is 6.84. The summed E-state index contributed by atoms with van der Waals surface area (Å²) in [4.78, 5) is 12.1. The lowest BCUT2D eigenvalue weighted by molar-refractivity contribution is 0.155. The van der Waals surface area contributed by atoms with Crippen LogP contribution in [0, 0.1) is 6.92 Å². The van der Waals surface area contributed by atoms with Gasteiger partial charge in [0.2, 0.25) is 0 Å². The number of fused-ring (bicyclic) bond motifs is 1. The summed E-state index contributed by atoms with van der Waals surface area (Å²) >= 11 is 3.57. The zero-order valence-electron chi connectivity index (χ0n) is 12.7. The van der Waals surface area contributed by atoms with E-state index in [9.17, 15) is 4.79 Å². The van der Waals surface area contributed by atoms with Gasteiger partial charge in [0.15, 0.2) is 0 Å². The first-order chi connectivity index (χ1) is 11.1. The Morgan fingerprint density at radius 2 is 1.70 bits per heavy atom. The monoisotopic (exact) mass is 369 g/mol. The Morgan fingerprint density at radius 1 is 1.04 bits per heavy atom. The number of benzene rings is 3. The van der Waals surface area contributed by atoms with Crippen molar-refractivity contribution < 1.29 is 9.53 Å². The van der Waals surface area contributed by atoms with E-state index >= 15 is 0 Å². The minimum absolute atomic E-state index is 0.250. The van der Waals surface area contributed by atoms with Crippen LogP contribution in [0.4, 0.5) is 10.5 Å². The van der Waals surface area contributed by atoms with Crippen LogP contribution in [-0.2, 0) is 11.3 Å². The van der Waals surface area contributed by atoms with Crippen LogP contribution in [0.15, 0.2) is 65.1 Å². The van der Waals surface area contributed by atoms with E-state index in [-0.39, 0.29) is 6.61 Å². The molecular weight excluding hydrogens is 354 g/mol. The molecule has 0 unspecified atom stereocenters. The van der Waals surface area contributed by atoms with E-state index < -0.39 is 6.09 Å². The fourth-order valence-electron chi connectivity index (χ4n) is 2.49. The molecule has 3 nitrogen and oxygen atoms in total. The first kappa shape index (κ1) is 15.6. The Bertz CT molecular complexity index is 847. The maximum atomic E-state index is 12.1. The van der Waals surface area contributed by atoms with Gasteiger partial charge < -0.3 is 4.74 Å². The Morgan fingerprint density at radius 3 is 2.43 bits per heavy atom. The lowest BCUT2D eigenvalue weighted by atomic mass is 10.0. The Kier molecular flexibility index (Phi) is 4.63. The molecule has 3 aromatic rings. The van der Waals surface area contributed by atoms with Crippen LogP contribution < -0.4 is 5.32 Å². The summed E-state index contributed by atoms with van der Waals surface area (Å²) in [7, 11) is 0. The summed E-state index contributed by atoms with van der Waals surface area (Å²) in [6, 6.07) is 19.5. The summed E-state index contributed by atoms with van der Waals surface area (Å²) in [5, 5.41) is 4.90. The highest BCUT2D eigenvalue weighted by Crippen LogP contribution is 2.33. The molecule has 0 radical (unpaired) electrons. The summed E-state index contributed by atoms with van der Waals surface area (Å²) in [6.45, 7) is 2.21. The largest absolute Gasteiger partial charge is 0.444 e. The van der Waals surface area contributed by atoms with Gasteiger partial charge in [-0.15, -0.1) is 0 Å². The van der Waals surface area contributed by atoms with Gasteiger partial charge >= 0.3 is 6.09 Å². The van der Waals surface area contributed by atoms with Crippen LogP contribution in [0.5, 0.6) is 0 Å². The Balaban J connectivity index is 1.80.